The molecule has 1 saturated heterocycles. The van der Waals surface area contributed by atoms with Gasteiger partial charge in [-0.2, -0.15) is 0 Å². The largest absolute Gasteiger partial charge is 0.465 e. The van der Waals surface area contributed by atoms with E-state index in [1.165, 1.54) is 4.90 Å². The predicted octanol–water partition coefficient (Wildman–Crippen LogP) is 2.73. The van der Waals surface area contributed by atoms with Crippen molar-refractivity contribution in [2.24, 2.45) is 0 Å². The quantitative estimate of drug-likeness (QED) is 0.778. The van der Waals surface area contributed by atoms with E-state index in [4.69, 9.17) is 9.47 Å². The summed E-state index contributed by atoms with van der Waals surface area (Å²) in [6.07, 6.45) is -1.83. The molecule has 2 aromatic carbocycles. The highest BCUT2D eigenvalue weighted by molar-refractivity contribution is 5.83. The molecule has 1 aliphatic rings. The van der Waals surface area contributed by atoms with Gasteiger partial charge in [0.05, 0.1) is 6.54 Å². The van der Waals surface area contributed by atoms with E-state index >= 15 is 0 Å². The standard InChI is InChI=1S/C21H22N2O6/c24-19(28-14-16-7-3-1-4-8-16)18-13-22(20(25)26)11-12-23(18)21(27)29-15-17-9-5-2-6-10-17/h1-10,18H,11-15H2,(H,25,26). The maximum Gasteiger partial charge on any atom is 0.410 e. The molecular formula is C21H22N2O6. The smallest absolute Gasteiger partial charge is 0.410 e. The van der Waals surface area contributed by atoms with Crippen LogP contribution in [0.2, 0.25) is 0 Å². The lowest BCUT2D eigenvalue weighted by atomic mass is 10.2. The van der Waals surface area contributed by atoms with Crippen LogP contribution < -0.4 is 0 Å². The Morgan fingerprint density at radius 1 is 0.862 bits per heavy atom. The van der Waals surface area contributed by atoms with Crippen molar-refractivity contribution in [3.63, 3.8) is 0 Å². The SMILES string of the molecule is O=C(OCc1ccccc1)C1CN(C(=O)O)CCN1C(=O)OCc1ccccc1. The molecule has 0 spiro atoms. The Morgan fingerprint density at radius 2 is 1.41 bits per heavy atom. The summed E-state index contributed by atoms with van der Waals surface area (Å²) in [5.74, 6) is -0.670. The van der Waals surface area contributed by atoms with Gasteiger partial charge in [0.25, 0.3) is 0 Å². The van der Waals surface area contributed by atoms with E-state index in [0.717, 1.165) is 16.0 Å². The monoisotopic (exact) mass is 398 g/mol. The highest BCUT2D eigenvalue weighted by atomic mass is 16.6. The van der Waals surface area contributed by atoms with Gasteiger partial charge < -0.3 is 19.5 Å². The average molecular weight is 398 g/mol. The molecule has 1 heterocycles. The van der Waals surface area contributed by atoms with Gasteiger partial charge in [-0.3, -0.25) is 4.90 Å². The molecule has 152 valence electrons. The first-order valence-electron chi connectivity index (χ1n) is 9.20. The second kappa shape index (κ2) is 9.59. The van der Waals surface area contributed by atoms with Crippen LogP contribution >= 0.6 is 0 Å². The Morgan fingerprint density at radius 3 is 1.97 bits per heavy atom. The van der Waals surface area contributed by atoms with Crippen LogP contribution in [0.15, 0.2) is 60.7 Å². The molecule has 1 atom stereocenters. The zero-order valence-corrected chi connectivity index (χ0v) is 15.8. The van der Waals surface area contributed by atoms with Crippen LogP contribution in [0.25, 0.3) is 0 Å². The first kappa shape index (κ1) is 20.2. The molecule has 1 N–H and O–H groups in total. The molecule has 8 heteroatoms. The summed E-state index contributed by atoms with van der Waals surface area (Å²) in [5, 5.41) is 9.26. The molecule has 2 amide bonds. The second-order valence-corrected chi connectivity index (χ2v) is 6.57. The fourth-order valence-electron chi connectivity index (χ4n) is 3.00. The van der Waals surface area contributed by atoms with Crippen LogP contribution in [0.4, 0.5) is 9.59 Å². The highest BCUT2D eigenvalue weighted by Crippen LogP contribution is 2.15. The third kappa shape index (κ3) is 5.47. The minimum Gasteiger partial charge on any atom is -0.465 e. The Bertz CT molecular complexity index is 843. The van der Waals surface area contributed by atoms with Gasteiger partial charge in [-0.25, -0.2) is 14.4 Å². The van der Waals surface area contributed by atoms with Crippen LogP contribution in [0.5, 0.6) is 0 Å². The van der Waals surface area contributed by atoms with Gasteiger partial charge in [-0.05, 0) is 11.1 Å². The third-order valence-electron chi connectivity index (χ3n) is 4.59. The zero-order chi connectivity index (χ0) is 20.6. The molecule has 0 saturated carbocycles. The van der Waals surface area contributed by atoms with Crippen molar-refractivity contribution in [1.82, 2.24) is 9.80 Å². The van der Waals surface area contributed by atoms with Crippen LogP contribution in [0, 0.1) is 0 Å². The van der Waals surface area contributed by atoms with Crippen molar-refractivity contribution in [3.05, 3.63) is 71.8 Å². The molecule has 0 aromatic heterocycles. The van der Waals surface area contributed by atoms with Crippen molar-refractivity contribution in [3.8, 4) is 0 Å². The minimum absolute atomic E-state index is 0.0378. The number of rotatable bonds is 5. The summed E-state index contributed by atoms with van der Waals surface area (Å²) >= 11 is 0. The molecule has 3 rings (SSSR count). The van der Waals surface area contributed by atoms with Gasteiger partial charge >= 0.3 is 18.2 Å². The number of hydrogen-bond acceptors (Lipinski definition) is 5. The molecule has 8 nitrogen and oxygen atoms in total. The zero-order valence-electron chi connectivity index (χ0n) is 15.8. The Balaban J connectivity index is 1.65. The number of carboxylic acid groups (broad SMARTS) is 1. The molecule has 0 radical (unpaired) electrons. The Labute approximate surface area is 168 Å². The van der Waals surface area contributed by atoms with E-state index in [-0.39, 0.29) is 32.8 Å². The number of piperazine rings is 1. The Kier molecular flexibility index (Phi) is 6.67. The summed E-state index contributed by atoms with van der Waals surface area (Å²) in [6, 6.07) is 17.2. The van der Waals surface area contributed by atoms with Gasteiger partial charge in [-0.15, -0.1) is 0 Å². The fourth-order valence-corrected chi connectivity index (χ4v) is 3.00. The molecular weight excluding hydrogens is 376 g/mol. The van der Waals surface area contributed by atoms with Gasteiger partial charge in [0.15, 0.2) is 6.04 Å². The van der Waals surface area contributed by atoms with Crippen LogP contribution in [-0.2, 0) is 27.5 Å². The van der Waals surface area contributed by atoms with Gasteiger partial charge in [0.1, 0.15) is 13.2 Å². The van der Waals surface area contributed by atoms with Gasteiger partial charge in [0, 0.05) is 13.1 Å². The van der Waals surface area contributed by atoms with Crippen molar-refractivity contribution < 1.29 is 29.0 Å². The summed E-state index contributed by atoms with van der Waals surface area (Å²) < 4.78 is 10.7. The number of esters is 1. The summed E-state index contributed by atoms with van der Waals surface area (Å²) in [5.41, 5.74) is 1.61. The van der Waals surface area contributed by atoms with Crippen molar-refractivity contribution in [1.29, 1.82) is 0 Å². The van der Waals surface area contributed by atoms with E-state index in [2.05, 4.69) is 0 Å². The molecule has 1 aliphatic heterocycles. The first-order chi connectivity index (χ1) is 14.0. The number of carbonyl (C=O) groups excluding carboxylic acids is 2. The van der Waals surface area contributed by atoms with Gasteiger partial charge in [-0.1, -0.05) is 60.7 Å². The lowest BCUT2D eigenvalue weighted by Crippen LogP contribution is -2.59. The summed E-state index contributed by atoms with van der Waals surface area (Å²) in [7, 11) is 0. The van der Waals surface area contributed by atoms with Crippen LogP contribution in [-0.4, -0.2) is 58.7 Å². The number of ether oxygens (including phenoxy) is 2. The van der Waals surface area contributed by atoms with Crippen LogP contribution in [0.1, 0.15) is 11.1 Å². The second-order valence-electron chi connectivity index (χ2n) is 6.57. The third-order valence-corrected chi connectivity index (χ3v) is 4.59. The number of carbonyl (C=O) groups is 3. The predicted molar refractivity (Wildman–Crippen MR) is 103 cm³/mol. The topological polar surface area (TPSA) is 96.4 Å². The lowest BCUT2D eigenvalue weighted by Gasteiger charge is -2.38. The van der Waals surface area contributed by atoms with Crippen LogP contribution in [0.3, 0.4) is 0 Å². The summed E-state index contributed by atoms with van der Waals surface area (Å²) in [4.78, 5) is 38.9. The van der Waals surface area contributed by atoms with Crippen molar-refractivity contribution in [2.75, 3.05) is 19.6 Å². The van der Waals surface area contributed by atoms with E-state index in [1.54, 1.807) is 0 Å². The number of hydrogen-bond donors (Lipinski definition) is 1. The van der Waals surface area contributed by atoms with Crippen molar-refractivity contribution in [2.45, 2.75) is 19.3 Å². The minimum atomic E-state index is -1.15. The molecule has 29 heavy (non-hydrogen) atoms. The molecule has 0 bridgehead atoms. The highest BCUT2D eigenvalue weighted by Gasteiger charge is 2.39. The maximum atomic E-state index is 12.6. The molecule has 0 aliphatic carbocycles. The average Bonchev–Trinajstić information content (AvgIpc) is 2.76. The lowest BCUT2D eigenvalue weighted by molar-refractivity contribution is -0.152. The number of benzene rings is 2. The normalized spacial score (nSPS) is 16.2. The van der Waals surface area contributed by atoms with E-state index < -0.39 is 24.2 Å². The van der Waals surface area contributed by atoms with Crippen molar-refractivity contribution >= 4 is 18.2 Å². The maximum absolute atomic E-state index is 12.6. The summed E-state index contributed by atoms with van der Waals surface area (Å²) in [6.45, 7) is 0.0768. The van der Waals surface area contributed by atoms with E-state index in [9.17, 15) is 19.5 Å². The molecule has 1 unspecified atom stereocenters. The number of nitrogens with zero attached hydrogens (tertiary/aromatic N) is 2. The fraction of sp³-hybridized carbons (Fsp3) is 0.286. The Hall–Kier alpha value is -3.55. The molecule has 2 aromatic rings. The van der Waals surface area contributed by atoms with E-state index in [1.807, 2.05) is 60.7 Å². The van der Waals surface area contributed by atoms with Gasteiger partial charge in [0.2, 0.25) is 0 Å². The van der Waals surface area contributed by atoms with E-state index in [0.29, 0.717) is 0 Å². The number of amides is 2. The molecule has 1 fully saturated rings. The first-order valence-corrected chi connectivity index (χ1v) is 9.20.